The second-order valence-electron chi connectivity index (χ2n) is 5.30. The molecule has 1 aliphatic heterocycles. The molecule has 0 spiro atoms. The monoisotopic (exact) mass is 293 g/mol. The molecular formula is C15H20FN3O2. The summed E-state index contributed by atoms with van der Waals surface area (Å²) in [6, 6.07) is 5.77. The van der Waals surface area contributed by atoms with Gasteiger partial charge in [-0.1, -0.05) is 12.1 Å². The van der Waals surface area contributed by atoms with E-state index in [2.05, 4.69) is 0 Å². The van der Waals surface area contributed by atoms with Gasteiger partial charge in [0.1, 0.15) is 5.82 Å². The lowest BCUT2D eigenvalue weighted by Crippen LogP contribution is -2.54. The minimum absolute atomic E-state index is 0.0213. The minimum atomic E-state index is -0.352. The average Bonchev–Trinajstić information content (AvgIpc) is 2.46. The van der Waals surface area contributed by atoms with Crippen LogP contribution in [0.3, 0.4) is 0 Å². The quantitative estimate of drug-likeness (QED) is 0.873. The highest BCUT2D eigenvalue weighted by Crippen LogP contribution is 2.10. The summed E-state index contributed by atoms with van der Waals surface area (Å²) in [5.41, 5.74) is 5.95. The molecule has 0 saturated carbocycles. The summed E-state index contributed by atoms with van der Waals surface area (Å²) in [6.45, 7) is 4.14. The van der Waals surface area contributed by atoms with E-state index in [4.69, 9.17) is 5.73 Å². The van der Waals surface area contributed by atoms with E-state index in [1.807, 2.05) is 4.90 Å². The number of nitrogens with two attached hydrogens (primary N) is 1. The third-order valence-electron chi connectivity index (χ3n) is 3.87. The number of carbonyl (C=O) groups excluding carboxylic acids is 2. The molecule has 1 aromatic carbocycles. The molecule has 0 unspecified atom stereocenters. The van der Waals surface area contributed by atoms with Crippen LogP contribution in [0.2, 0.25) is 0 Å². The van der Waals surface area contributed by atoms with Crippen LogP contribution in [0, 0.1) is 5.82 Å². The molecular weight excluding hydrogens is 273 g/mol. The molecule has 21 heavy (non-hydrogen) atoms. The van der Waals surface area contributed by atoms with Gasteiger partial charge in [-0.15, -0.1) is 0 Å². The molecule has 1 heterocycles. The van der Waals surface area contributed by atoms with Crippen molar-refractivity contribution >= 4 is 11.8 Å². The molecule has 0 radical (unpaired) electrons. The zero-order valence-electron chi connectivity index (χ0n) is 12.1. The number of carbonyl (C=O) groups is 2. The molecule has 114 valence electrons. The van der Waals surface area contributed by atoms with Gasteiger partial charge in [0.05, 0.1) is 12.5 Å². The van der Waals surface area contributed by atoms with E-state index in [9.17, 15) is 14.0 Å². The molecule has 2 N–H and O–H groups in total. The van der Waals surface area contributed by atoms with Gasteiger partial charge < -0.3 is 10.6 Å². The third-order valence-corrected chi connectivity index (χ3v) is 3.87. The lowest BCUT2D eigenvalue weighted by Gasteiger charge is -2.37. The average molecular weight is 293 g/mol. The Bertz CT molecular complexity index is 527. The van der Waals surface area contributed by atoms with E-state index in [0.29, 0.717) is 31.7 Å². The van der Waals surface area contributed by atoms with Crippen LogP contribution < -0.4 is 5.73 Å². The van der Waals surface area contributed by atoms with Gasteiger partial charge >= 0.3 is 0 Å². The molecule has 5 nitrogen and oxygen atoms in total. The van der Waals surface area contributed by atoms with Crippen LogP contribution in [0.25, 0.3) is 0 Å². The van der Waals surface area contributed by atoms with E-state index >= 15 is 0 Å². The molecule has 1 aliphatic rings. The normalized spacial score (nSPS) is 17.5. The number of halogens is 1. The summed E-state index contributed by atoms with van der Waals surface area (Å²) >= 11 is 0. The molecule has 1 atom stereocenters. The van der Waals surface area contributed by atoms with Crippen LogP contribution >= 0.6 is 0 Å². The molecule has 2 amide bonds. The summed E-state index contributed by atoms with van der Waals surface area (Å²) in [5, 5.41) is 0. The number of piperazine rings is 1. The van der Waals surface area contributed by atoms with Crippen molar-refractivity contribution in [3.05, 3.63) is 35.6 Å². The number of hydrogen-bond acceptors (Lipinski definition) is 3. The van der Waals surface area contributed by atoms with Crippen LogP contribution in [-0.4, -0.2) is 53.8 Å². The first kappa shape index (κ1) is 15.4. The molecule has 2 rings (SSSR count). The second-order valence-corrected chi connectivity index (χ2v) is 5.30. The largest absolute Gasteiger partial charge is 0.368 e. The van der Waals surface area contributed by atoms with Crippen LogP contribution in [-0.2, 0) is 16.0 Å². The molecule has 1 fully saturated rings. The van der Waals surface area contributed by atoms with Gasteiger partial charge in [-0.2, -0.15) is 0 Å². The maximum absolute atomic E-state index is 13.1. The van der Waals surface area contributed by atoms with Crippen LogP contribution in [0.4, 0.5) is 4.39 Å². The van der Waals surface area contributed by atoms with Gasteiger partial charge in [0.2, 0.25) is 11.8 Å². The van der Waals surface area contributed by atoms with Crippen molar-refractivity contribution < 1.29 is 14.0 Å². The first-order valence-electron chi connectivity index (χ1n) is 7.03. The molecule has 0 aliphatic carbocycles. The predicted octanol–water partition coefficient (Wildman–Crippen LogP) is 0.386. The van der Waals surface area contributed by atoms with E-state index in [-0.39, 0.29) is 30.1 Å². The van der Waals surface area contributed by atoms with Gasteiger partial charge in [-0.05, 0) is 24.6 Å². The number of primary amides is 1. The number of rotatable bonds is 4. The molecule has 1 aromatic rings. The van der Waals surface area contributed by atoms with Crippen LogP contribution in [0.15, 0.2) is 24.3 Å². The first-order valence-corrected chi connectivity index (χ1v) is 7.03. The predicted molar refractivity (Wildman–Crippen MR) is 76.9 cm³/mol. The Morgan fingerprint density at radius 2 is 1.95 bits per heavy atom. The van der Waals surface area contributed by atoms with E-state index in [1.54, 1.807) is 24.0 Å². The summed E-state index contributed by atoms with van der Waals surface area (Å²) < 4.78 is 13.1. The van der Waals surface area contributed by atoms with Crippen molar-refractivity contribution in [3.63, 3.8) is 0 Å². The highest BCUT2D eigenvalue weighted by atomic mass is 19.1. The number of benzene rings is 1. The number of hydrogen-bond donors (Lipinski definition) is 1. The maximum atomic E-state index is 13.1. The molecule has 0 aromatic heterocycles. The second kappa shape index (κ2) is 6.67. The van der Waals surface area contributed by atoms with Crippen molar-refractivity contribution in [1.29, 1.82) is 0 Å². The van der Waals surface area contributed by atoms with Crippen molar-refractivity contribution in [1.82, 2.24) is 9.80 Å². The number of amides is 2. The van der Waals surface area contributed by atoms with Crippen LogP contribution in [0.5, 0.6) is 0 Å². The molecule has 1 saturated heterocycles. The van der Waals surface area contributed by atoms with Gasteiger partial charge in [0.15, 0.2) is 0 Å². The Hall–Kier alpha value is -1.95. The van der Waals surface area contributed by atoms with E-state index < -0.39 is 0 Å². The smallest absolute Gasteiger partial charge is 0.234 e. The Morgan fingerprint density at radius 3 is 2.52 bits per heavy atom. The standard InChI is InChI=1S/C15H20FN3O2/c1-11(15(17)21)18-5-7-19(8-6-18)14(20)10-12-3-2-4-13(16)9-12/h2-4,9,11H,5-8,10H2,1H3,(H2,17,21)/t11-/m1/s1. The summed E-state index contributed by atoms with van der Waals surface area (Å²) in [7, 11) is 0. The van der Waals surface area contributed by atoms with Crippen molar-refractivity contribution in [2.75, 3.05) is 26.2 Å². The molecule has 6 heteroatoms. The SMILES string of the molecule is C[C@H](C(N)=O)N1CCN(C(=O)Cc2cccc(F)c2)CC1. The highest BCUT2D eigenvalue weighted by molar-refractivity contribution is 5.80. The van der Waals surface area contributed by atoms with Crippen molar-refractivity contribution in [2.24, 2.45) is 5.73 Å². The Morgan fingerprint density at radius 1 is 1.29 bits per heavy atom. The van der Waals surface area contributed by atoms with E-state index in [0.717, 1.165) is 0 Å². The van der Waals surface area contributed by atoms with Gasteiger partial charge in [-0.25, -0.2) is 4.39 Å². The lowest BCUT2D eigenvalue weighted by molar-refractivity contribution is -0.133. The Kier molecular flexibility index (Phi) is 4.90. The summed E-state index contributed by atoms with van der Waals surface area (Å²) in [6.07, 6.45) is 0.198. The fourth-order valence-corrected chi connectivity index (χ4v) is 2.47. The zero-order chi connectivity index (χ0) is 15.4. The highest BCUT2D eigenvalue weighted by Gasteiger charge is 2.26. The third kappa shape index (κ3) is 4.01. The lowest BCUT2D eigenvalue weighted by atomic mass is 10.1. The summed E-state index contributed by atoms with van der Waals surface area (Å²) in [5.74, 6) is -0.707. The van der Waals surface area contributed by atoms with Crippen molar-refractivity contribution in [2.45, 2.75) is 19.4 Å². The Labute approximate surface area is 123 Å². The fourth-order valence-electron chi connectivity index (χ4n) is 2.47. The zero-order valence-corrected chi connectivity index (χ0v) is 12.1. The van der Waals surface area contributed by atoms with Crippen molar-refractivity contribution in [3.8, 4) is 0 Å². The van der Waals surface area contributed by atoms with E-state index in [1.165, 1.54) is 12.1 Å². The number of nitrogens with zero attached hydrogens (tertiary/aromatic N) is 2. The molecule has 0 bridgehead atoms. The fraction of sp³-hybridized carbons (Fsp3) is 0.467. The topological polar surface area (TPSA) is 66.6 Å². The summed E-state index contributed by atoms with van der Waals surface area (Å²) in [4.78, 5) is 27.0. The first-order chi connectivity index (χ1) is 9.97. The Balaban J connectivity index is 1.87. The van der Waals surface area contributed by atoms with Crippen LogP contribution in [0.1, 0.15) is 12.5 Å². The minimum Gasteiger partial charge on any atom is -0.368 e. The van der Waals surface area contributed by atoms with Gasteiger partial charge in [0, 0.05) is 26.2 Å². The van der Waals surface area contributed by atoms with Gasteiger partial charge in [0.25, 0.3) is 0 Å². The maximum Gasteiger partial charge on any atom is 0.234 e. The van der Waals surface area contributed by atoms with Gasteiger partial charge in [-0.3, -0.25) is 14.5 Å².